The van der Waals surface area contributed by atoms with E-state index in [1.54, 1.807) is 0 Å². The molecule has 0 nitrogen and oxygen atoms in total. The zero-order valence-corrected chi connectivity index (χ0v) is 9.05. The molecule has 0 bridgehead atoms. The lowest BCUT2D eigenvalue weighted by molar-refractivity contribution is 1.11. The van der Waals surface area contributed by atoms with E-state index in [-0.39, 0.29) is 0 Å². The van der Waals surface area contributed by atoms with Crippen LogP contribution in [0.15, 0.2) is 36.4 Å². The third-order valence-electron chi connectivity index (χ3n) is 1.64. The molecule has 0 aliphatic rings. The van der Waals surface area contributed by atoms with E-state index in [4.69, 9.17) is 0 Å². The van der Waals surface area contributed by atoms with Crippen LogP contribution in [0, 0.1) is 0 Å². The van der Waals surface area contributed by atoms with E-state index in [0.717, 1.165) is 11.0 Å². The van der Waals surface area contributed by atoms with E-state index in [1.165, 1.54) is 5.56 Å². The van der Waals surface area contributed by atoms with Crippen LogP contribution in [0.5, 0.6) is 0 Å². The van der Waals surface area contributed by atoms with Gasteiger partial charge in [0.2, 0.25) is 0 Å². The zero-order chi connectivity index (χ0) is 9.52. The monoisotopic (exact) mass is 192 g/mol. The van der Waals surface area contributed by atoms with Gasteiger partial charge in [-0.25, -0.2) is 0 Å². The second kappa shape index (κ2) is 5.87. The molecule has 0 fully saturated rings. The van der Waals surface area contributed by atoms with Gasteiger partial charge in [-0.15, -0.1) is 0 Å². The summed E-state index contributed by atoms with van der Waals surface area (Å²) in [7, 11) is 0. The van der Waals surface area contributed by atoms with Gasteiger partial charge < -0.3 is 0 Å². The smallest absolute Gasteiger partial charge is 0.0119 e. The normalized spacial score (nSPS) is 11.3. The molecule has 1 aromatic carbocycles. The summed E-state index contributed by atoms with van der Waals surface area (Å²) < 4.78 is 0. The highest BCUT2D eigenvalue weighted by Crippen LogP contribution is 2.10. The first kappa shape index (κ1) is 10.4. The van der Waals surface area contributed by atoms with Crippen LogP contribution in [0.2, 0.25) is 0 Å². The lowest BCUT2D eigenvalue weighted by Crippen LogP contribution is -1.86. The molecule has 0 N–H and O–H groups in total. The summed E-state index contributed by atoms with van der Waals surface area (Å²) in [4.78, 5) is 0. The second-order valence-corrected chi connectivity index (χ2v) is 4.80. The van der Waals surface area contributed by atoms with Crippen molar-refractivity contribution in [3.8, 4) is 0 Å². The fraction of sp³-hybridized carbons (Fsp3) is 0.333. The zero-order valence-electron chi connectivity index (χ0n) is 8.23. The highest BCUT2D eigenvalue weighted by Gasteiger charge is 1.89. The Hall–Kier alpha value is -0.690. The van der Waals surface area contributed by atoms with Gasteiger partial charge >= 0.3 is 0 Å². The van der Waals surface area contributed by atoms with Crippen LogP contribution in [0.4, 0.5) is 0 Å². The Morgan fingerprint density at radius 3 is 2.54 bits per heavy atom. The average Bonchev–Trinajstić information content (AvgIpc) is 2.14. The largest absolute Gasteiger partial charge is 0.155 e. The Balaban J connectivity index is 2.33. The van der Waals surface area contributed by atoms with Crippen molar-refractivity contribution in [3.05, 3.63) is 42.0 Å². The molecule has 0 aliphatic carbocycles. The second-order valence-electron chi connectivity index (χ2n) is 3.20. The average molecular weight is 192 g/mol. The van der Waals surface area contributed by atoms with Crippen LogP contribution in [-0.2, 0) is 0 Å². The number of hydrogen-bond donors (Lipinski definition) is 0. The van der Waals surface area contributed by atoms with Gasteiger partial charge in [-0.2, -0.15) is 11.8 Å². The first-order valence-corrected chi connectivity index (χ1v) is 5.67. The van der Waals surface area contributed by atoms with Gasteiger partial charge in [-0.1, -0.05) is 56.3 Å². The number of rotatable bonds is 4. The molecular formula is C12H16S. The fourth-order valence-corrected chi connectivity index (χ4v) is 1.59. The van der Waals surface area contributed by atoms with Gasteiger partial charge in [0.1, 0.15) is 0 Å². The third-order valence-corrected chi connectivity index (χ3v) is 2.69. The quantitative estimate of drug-likeness (QED) is 0.698. The van der Waals surface area contributed by atoms with Crippen LogP contribution in [0.1, 0.15) is 19.4 Å². The molecule has 0 saturated carbocycles. The minimum atomic E-state index is 0.723. The van der Waals surface area contributed by atoms with Gasteiger partial charge in [-0.05, 0) is 10.8 Å². The summed E-state index contributed by atoms with van der Waals surface area (Å²) in [6.07, 6.45) is 4.40. The first-order valence-electron chi connectivity index (χ1n) is 4.62. The van der Waals surface area contributed by atoms with Crippen molar-refractivity contribution in [1.82, 2.24) is 0 Å². The fourth-order valence-electron chi connectivity index (χ4n) is 0.996. The van der Waals surface area contributed by atoms with Crippen LogP contribution >= 0.6 is 11.8 Å². The summed E-state index contributed by atoms with van der Waals surface area (Å²) >= 11 is 1.96. The number of hydrogen-bond acceptors (Lipinski definition) is 1. The van der Waals surface area contributed by atoms with Crippen molar-refractivity contribution >= 4 is 17.8 Å². The van der Waals surface area contributed by atoms with Crippen molar-refractivity contribution in [3.63, 3.8) is 0 Å². The molecule has 0 aliphatic heterocycles. The Morgan fingerprint density at radius 2 is 1.92 bits per heavy atom. The first-order chi connectivity index (χ1) is 6.29. The molecule has 0 unspecified atom stereocenters. The number of thioether (sulfide) groups is 1. The van der Waals surface area contributed by atoms with Crippen molar-refractivity contribution in [1.29, 1.82) is 0 Å². The molecule has 0 spiro atoms. The van der Waals surface area contributed by atoms with Gasteiger partial charge in [0.15, 0.2) is 0 Å². The van der Waals surface area contributed by atoms with Crippen LogP contribution < -0.4 is 0 Å². The molecule has 1 heteroatoms. The van der Waals surface area contributed by atoms with Crippen molar-refractivity contribution in [2.45, 2.75) is 19.1 Å². The molecule has 0 atom stereocenters. The van der Waals surface area contributed by atoms with E-state index in [9.17, 15) is 0 Å². The molecule has 0 heterocycles. The Kier molecular flexibility index (Phi) is 4.69. The van der Waals surface area contributed by atoms with Gasteiger partial charge in [0, 0.05) is 5.75 Å². The maximum atomic E-state index is 2.22. The standard InChI is InChI=1S/C12H16S/c1-11(2)13-10-6-9-12-7-4-3-5-8-12/h3-9,11H,10H2,1-2H3/b9-6+. The predicted molar refractivity (Wildman–Crippen MR) is 63.1 cm³/mol. The molecule has 0 aromatic heterocycles. The predicted octanol–water partition coefficient (Wildman–Crippen LogP) is 3.84. The van der Waals surface area contributed by atoms with Gasteiger partial charge in [0.25, 0.3) is 0 Å². The van der Waals surface area contributed by atoms with Crippen molar-refractivity contribution in [2.24, 2.45) is 0 Å². The topological polar surface area (TPSA) is 0 Å². The van der Waals surface area contributed by atoms with Gasteiger partial charge in [-0.3, -0.25) is 0 Å². The highest BCUT2D eigenvalue weighted by atomic mass is 32.2. The SMILES string of the molecule is CC(C)SC/C=C/c1ccccc1. The molecule has 0 radical (unpaired) electrons. The summed E-state index contributed by atoms with van der Waals surface area (Å²) in [5.41, 5.74) is 1.28. The Bertz CT molecular complexity index is 249. The summed E-state index contributed by atoms with van der Waals surface area (Å²) in [6, 6.07) is 10.4. The third kappa shape index (κ3) is 4.79. The van der Waals surface area contributed by atoms with Crippen LogP contribution in [-0.4, -0.2) is 11.0 Å². The van der Waals surface area contributed by atoms with Crippen molar-refractivity contribution < 1.29 is 0 Å². The minimum Gasteiger partial charge on any atom is -0.155 e. The maximum absolute atomic E-state index is 2.22. The molecular weight excluding hydrogens is 176 g/mol. The van der Waals surface area contributed by atoms with Crippen molar-refractivity contribution in [2.75, 3.05) is 5.75 Å². The Morgan fingerprint density at radius 1 is 1.23 bits per heavy atom. The Labute approximate surface area is 85.1 Å². The summed E-state index contributed by atoms with van der Waals surface area (Å²) in [6.45, 7) is 4.45. The molecule has 1 rings (SSSR count). The van der Waals surface area contributed by atoms with E-state index in [2.05, 4.69) is 50.3 Å². The van der Waals surface area contributed by atoms with E-state index in [0.29, 0.717) is 0 Å². The molecule has 70 valence electrons. The minimum absolute atomic E-state index is 0.723. The lowest BCUT2D eigenvalue weighted by atomic mass is 10.2. The van der Waals surface area contributed by atoms with Crippen LogP contribution in [0.3, 0.4) is 0 Å². The molecule has 13 heavy (non-hydrogen) atoms. The summed E-state index contributed by atoms with van der Waals surface area (Å²) in [5, 5.41) is 0.723. The molecule has 0 saturated heterocycles. The lowest BCUT2D eigenvalue weighted by Gasteiger charge is -1.99. The number of benzene rings is 1. The van der Waals surface area contributed by atoms with Gasteiger partial charge in [0.05, 0.1) is 0 Å². The van der Waals surface area contributed by atoms with Crippen LogP contribution in [0.25, 0.3) is 6.08 Å². The molecule has 0 amide bonds. The van der Waals surface area contributed by atoms with E-state index >= 15 is 0 Å². The highest BCUT2D eigenvalue weighted by molar-refractivity contribution is 8.00. The maximum Gasteiger partial charge on any atom is 0.0119 e. The summed E-state index contributed by atoms with van der Waals surface area (Å²) in [5.74, 6) is 1.10. The molecule has 1 aromatic rings. The van der Waals surface area contributed by atoms with E-state index < -0.39 is 0 Å². The van der Waals surface area contributed by atoms with E-state index in [1.807, 2.05) is 17.8 Å².